The summed E-state index contributed by atoms with van der Waals surface area (Å²) in [6, 6.07) is 0. The third-order valence-corrected chi connectivity index (χ3v) is 3.87. The molecule has 0 bridgehead atoms. The van der Waals surface area contributed by atoms with Crippen molar-refractivity contribution in [2.75, 3.05) is 0 Å². The Kier molecular flexibility index (Phi) is 3.45. The zero-order valence-corrected chi connectivity index (χ0v) is 10.6. The first-order valence-corrected chi connectivity index (χ1v) is 6.73. The van der Waals surface area contributed by atoms with Gasteiger partial charge in [0.1, 0.15) is 0 Å². The monoisotopic (exact) mass is 270 g/mol. The predicted octanol–water partition coefficient (Wildman–Crippen LogP) is -0.622. The highest BCUT2D eigenvalue weighted by atomic mass is 32.2. The quantitative estimate of drug-likeness (QED) is 0.575. The number of nitrogens with one attached hydrogen (secondary N) is 3. The van der Waals surface area contributed by atoms with Gasteiger partial charge in [0.05, 0.1) is 12.9 Å². The average molecular weight is 270 g/mol. The van der Waals surface area contributed by atoms with Gasteiger partial charge in [-0.05, 0) is 6.92 Å². The lowest BCUT2D eigenvalue weighted by molar-refractivity contribution is 0.575. The Morgan fingerprint density at radius 2 is 2.28 bits per heavy atom. The van der Waals surface area contributed by atoms with Crippen LogP contribution in [0.5, 0.6) is 0 Å². The topological polar surface area (TPSA) is 130 Å². The molecule has 2 aromatic rings. The molecule has 0 atom stereocenters. The molecule has 0 saturated heterocycles. The van der Waals surface area contributed by atoms with Crippen molar-refractivity contribution in [1.29, 1.82) is 0 Å². The minimum absolute atomic E-state index is 0.0537. The van der Waals surface area contributed by atoms with E-state index in [0.717, 1.165) is 0 Å². The summed E-state index contributed by atoms with van der Waals surface area (Å²) in [5.74, 6) is 0. The smallest absolute Gasteiger partial charge is 0.260 e. The molecule has 2 rings (SSSR count). The van der Waals surface area contributed by atoms with Gasteiger partial charge in [0.15, 0.2) is 5.03 Å². The van der Waals surface area contributed by atoms with Crippen LogP contribution in [-0.4, -0.2) is 28.6 Å². The lowest BCUT2D eigenvalue weighted by Gasteiger charge is -2.04. The number of nitrogens with zero attached hydrogens (tertiary/aromatic N) is 2. The van der Waals surface area contributed by atoms with Crippen molar-refractivity contribution in [3.05, 3.63) is 29.5 Å². The van der Waals surface area contributed by atoms with Gasteiger partial charge >= 0.3 is 0 Å². The Labute approximate surface area is 104 Å². The van der Waals surface area contributed by atoms with E-state index in [9.17, 15) is 8.42 Å². The highest BCUT2D eigenvalue weighted by Crippen LogP contribution is 2.15. The maximum Gasteiger partial charge on any atom is 0.260 e. The number of hydrogen-bond donors (Lipinski definition) is 4. The first-order valence-electron chi connectivity index (χ1n) is 5.25. The molecule has 0 aliphatic carbocycles. The molecule has 5 N–H and O–H groups in total. The first kappa shape index (κ1) is 12.7. The second kappa shape index (κ2) is 4.88. The largest absolute Gasteiger partial charge is 0.347 e. The van der Waals surface area contributed by atoms with Crippen LogP contribution in [0.25, 0.3) is 0 Å². The third-order valence-electron chi connectivity index (χ3n) is 2.50. The van der Waals surface area contributed by atoms with Crippen LogP contribution in [0.2, 0.25) is 0 Å². The van der Waals surface area contributed by atoms with Gasteiger partial charge in [0.25, 0.3) is 10.0 Å². The van der Waals surface area contributed by atoms with Gasteiger partial charge in [-0.15, -0.1) is 0 Å². The van der Waals surface area contributed by atoms with E-state index in [1.54, 1.807) is 13.1 Å². The van der Waals surface area contributed by atoms with Crippen LogP contribution in [0.3, 0.4) is 0 Å². The van der Waals surface area contributed by atoms with E-state index in [0.29, 0.717) is 17.0 Å². The van der Waals surface area contributed by atoms with E-state index in [1.165, 1.54) is 6.33 Å². The first-order chi connectivity index (χ1) is 8.54. The zero-order chi connectivity index (χ0) is 13.2. The van der Waals surface area contributed by atoms with Gasteiger partial charge in [-0.2, -0.15) is 5.10 Å². The van der Waals surface area contributed by atoms with Crippen LogP contribution in [0.4, 0.5) is 0 Å². The second-order valence-electron chi connectivity index (χ2n) is 3.74. The average Bonchev–Trinajstić information content (AvgIpc) is 2.95. The summed E-state index contributed by atoms with van der Waals surface area (Å²) in [6.07, 6.45) is 3.02. The van der Waals surface area contributed by atoms with E-state index in [-0.39, 0.29) is 18.1 Å². The number of aryl methyl sites for hydroxylation is 1. The van der Waals surface area contributed by atoms with E-state index >= 15 is 0 Å². The Morgan fingerprint density at radius 1 is 1.50 bits per heavy atom. The highest BCUT2D eigenvalue weighted by molar-refractivity contribution is 7.89. The maximum atomic E-state index is 12.0. The molecule has 8 nitrogen and oxygen atoms in total. The SMILES string of the molecule is Cc1[nH]nc(S(=O)(=O)NCc2cnc[nH]2)c1CN. The molecule has 0 saturated carbocycles. The van der Waals surface area contributed by atoms with Crippen LogP contribution in [0.15, 0.2) is 17.6 Å². The van der Waals surface area contributed by atoms with Crippen molar-refractivity contribution in [3.8, 4) is 0 Å². The van der Waals surface area contributed by atoms with Gasteiger partial charge < -0.3 is 10.7 Å². The number of aromatic nitrogens is 4. The van der Waals surface area contributed by atoms with Gasteiger partial charge in [0.2, 0.25) is 0 Å². The van der Waals surface area contributed by atoms with Crippen molar-refractivity contribution in [2.45, 2.75) is 25.0 Å². The summed E-state index contributed by atoms with van der Waals surface area (Å²) < 4.78 is 26.5. The predicted molar refractivity (Wildman–Crippen MR) is 63.8 cm³/mol. The molecule has 2 heterocycles. The molecule has 0 fully saturated rings. The van der Waals surface area contributed by atoms with Crippen molar-refractivity contribution >= 4 is 10.0 Å². The molecular formula is C9H14N6O2S. The molecule has 0 unspecified atom stereocenters. The summed E-state index contributed by atoms with van der Waals surface area (Å²) in [6.45, 7) is 1.96. The molecule has 9 heteroatoms. The van der Waals surface area contributed by atoms with E-state index in [2.05, 4.69) is 24.9 Å². The molecule has 0 aromatic carbocycles. The van der Waals surface area contributed by atoms with Crippen molar-refractivity contribution < 1.29 is 8.42 Å². The fourth-order valence-corrected chi connectivity index (χ4v) is 2.72. The van der Waals surface area contributed by atoms with Crippen LogP contribution < -0.4 is 10.5 Å². The normalized spacial score (nSPS) is 11.9. The lowest BCUT2D eigenvalue weighted by atomic mass is 10.3. The molecule has 98 valence electrons. The molecule has 0 radical (unpaired) electrons. The van der Waals surface area contributed by atoms with E-state index in [1.807, 2.05) is 0 Å². The lowest BCUT2D eigenvalue weighted by Crippen LogP contribution is -2.25. The fourth-order valence-electron chi connectivity index (χ4n) is 1.52. The zero-order valence-electron chi connectivity index (χ0n) is 9.77. The summed E-state index contributed by atoms with van der Waals surface area (Å²) >= 11 is 0. The number of hydrogen-bond acceptors (Lipinski definition) is 5. The maximum absolute atomic E-state index is 12.0. The van der Waals surface area contributed by atoms with Gasteiger partial charge in [-0.25, -0.2) is 18.1 Å². The summed E-state index contributed by atoms with van der Waals surface area (Å²) in [7, 11) is -3.68. The Hall–Kier alpha value is -1.71. The van der Waals surface area contributed by atoms with E-state index < -0.39 is 10.0 Å². The van der Waals surface area contributed by atoms with Crippen molar-refractivity contribution in [2.24, 2.45) is 5.73 Å². The van der Waals surface area contributed by atoms with Gasteiger partial charge in [-0.1, -0.05) is 0 Å². The molecule has 0 amide bonds. The Morgan fingerprint density at radius 3 is 2.89 bits per heavy atom. The van der Waals surface area contributed by atoms with Crippen LogP contribution >= 0.6 is 0 Å². The molecule has 18 heavy (non-hydrogen) atoms. The number of aromatic amines is 2. The molecule has 2 aromatic heterocycles. The molecule has 0 aliphatic heterocycles. The van der Waals surface area contributed by atoms with Crippen LogP contribution in [0, 0.1) is 6.92 Å². The summed E-state index contributed by atoms with van der Waals surface area (Å²) in [4.78, 5) is 6.61. The van der Waals surface area contributed by atoms with Crippen LogP contribution in [0.1, 0.15) is 17.0 Å². The van der Waals surface area contributed by atoms with Crippen LogP contribution in [-0.2, 0) is 23.1 Å². The third kappa shape index (κ3) is 2.42. The van der Waals surface area contributed by atoms with Crippen molar-refractivity contribution in [3.63, 3.8) is 0 Å². The minimum Gasteiger partial charge on any atom is -0.347 e. The highest BCUT2D eigenvalue weighted by Gasteiger charge is 2.22. The standard InChI is InChI=1S/C9H14N6O2S/c1-6-8(2-10)9(15-14-6)18(16,17)13-4-7-3-11-5-12-7/h3,5,13H,2,4,10H2,1H3,(H,11,12)(H,14,15). The number of sulfonamides is 1. The summed E-state index contributed by atoms with van der Waals surface area (Å²) in [5.41, 5.74) is 7.33. The van der Waals surface area contributed by atoms with Gasteiger partial charge in [-0.3, -0.25) is 5.10 Å². The molecular weight excluding hydrogens is 256 g/mol. The Bertz CT molecular complexity index is 616. The Balaban J connectivity index is 2.20. The van der Waals surface area contributed by atoms with Crippen molar-refractivity contribution in [1.82, 2.24) is 24.9 Å². The number of imidazole rings is 1. The fraction of sp³-hybridized carbons (Fsp3) is 0.333. The minimum atomic E-state index is -3.68. The molecule has 0 spiro atoms. The van der Waals surface area contributed by atoms with Gasteiger partial charge in [0, 0.05) is 29.7 Å². The van der Waals surface area contributed by atoms with E-state index in [4.69, 9.17) is 5.73 Å². The molecule has 0 aliphatic rings. The number of rotatable bonds is 5. The second-order valence-corrected chi connectivity index (χ2v) is 5.42. The summed E-state index contributed by atoms with van der Waals surface area (Å²) in [5, 5.41) is 6.34. The number of nitrogens with two attached hydrogens (primary N) is 1. The number of H-pyrrole nitrogens is 2.